The zero-order valence-corrected chi connectivity index (χ0v) is 18.0. The number of aromatic nitrogens is 4. The van der Waals surface area contributed by atoms with E-state index < -0.39 is 10.0 Å². The lowest BCUT2D eigenvalue weighted by Gasteiger charge is -2.25. The average molecular weight is 445 g/mol. The van der Waals surface area contributed by atoms with E-state index in [9.17, 15) is 18.0 Å². The Bertz CT molecular complexity index is 1260. The van der Waals surface area contributed by atoms with Gasteiger partial charge in [-0.3, -0.25) is 18.8 Å². The number of fused-ring (bicyclic) bond motifs is 1. The first-order valence-electron chi connectivity index (χ1n) is 10.1. The highest BCUT2D eigenvalue weighted by Gasteiger charge is 2.25. The van der Waals surface area contributed by atoms with Crippen molar-refractivity contribution in [3.05, 3.63) is 47.1 Å². The van der Waals surface area contributed by atoms with Crippen LogP contribution in [0.4, 0.5) is 5.69 Å². The molecule has 0 aliphatic carbocycles. The SMILES string of the molecule is Cn1ncc2c(=O)n(CCC(=O)Nc3ccc(S(=O)(=O)N4CCCCC4)cc3)cnc21. The predicted octanol–water partition coefficient (Wildman–Crippen LogP) is 1.33. The molecule has 0 bridgehead atoms. The van der Waals surface area contributed by atoms with Gasteiger partial charge in [0, 0.05) is 38.8 Å². The number of carbonyl (C=O) groups excluding carboxylic acids is 1. The van der Waals surface area contributed by atoms with Crippen LogP contribution in [0.15, 0.2) is 46.5 Å². The molecule has 3 aromatic rings. The number of aryl methyl sites for hydroxylation is 2. The van der Waals surface area contributed by atoms with Gasteiger partial charge in [0.15, 0.2) is 5.65 Å². The smallest absolute Gasteiger partial charge is 0.264 e. The van der Waals surface area contributed by atoms with Gasteiger partial charge in [0.25, 0.3) is 5.56 Å². The molecule has 1 fully saturated rings. The monoisotopic (exact) mass is 444 g/mol. The second-order valence-corrected chi connectivity index (χ2v) is 9.47. The van der Waals surface area contributed by atoms with Gasteiger partial charge in [-0.15, -0.1) is 0 Å². The van der Waals surface area contributed by atoms with Crippen molar-refractivity contribution in [2.24, 2.45) is 7.05 Å². The summed E-state index contributed by atoms with van der Waals surface area (Å²) < 4.78 is 29.8. The first-order chi connectivity index (χ1) is 14.9. The lowest BCUT2D eigenvalue weighted by molar-refractivity contribution is -0.116. The predicted molar refractivity (Wildman–Crippen MR) is 115 cm³/mol. The minimum atomic E-state index is -3.51. The Labute approximate surface area is 179 Å². The maximum absolute atomic E-state index is 12.7. The summed E-state index contributed by atoms with van der Waals surface area (Å²) in [4.78, 5) is 29.2. The van der Waals surface area contributed by atoms with Crippen molar-refractivity contribution in [1.82, 2.24) is 23.6 Å². The van der Waals surface area contributed by atoms with Gasteiger partial charge in [0.2, 0.25) is 15.9 Å². The average Bonchev–Trinajstić information content (AvgIpc) is 3.16. The summed E-state index contributed by atoms with van der Waals surface area (Å²) in [7, 11) is -1.80. The summed E-state index contributed by atoms with van der Waals surface area (Å²) >= 11 is 0. The normalized spacial score (nSPS) is 15.3. The van der Waals surface area contributed by atoms with E-state index in [1.165, 1.54) is 38.2 Å². The fourth-order valence-corrected chi connectivity index (χ4v) is 5.15. The number of benzene rings is 1. The Hall–Kier alpha value is -3.05. The molecule has 1 aromatic carbocycles. The molecule has 31 heavy (non-hydrogen) atoms. The molecule has 164 valence electrons. The molecule has 4 rings (SSSR count). The number of amides is 1. The third kappa shape index (κ3) is 4.37. The lowest BCUT2D eigenvalue weighted by atomic mass is 10.2. The van der Waals surface area contributed by atoms with Crippen LogP contribution in [0.3, 0.4) is 0 Å². The van der Waals surface area contributed by atoms with E-state index in [1.807, 2.05) is 0 Å². The Morgan fingerprint density at radius 1 is 1.13 bits per heavy atom. The second-order valence-electron chi connectivity index (χ2n) is 7.54. The topological polar surface area (TPSA) is 119 Å². The fraction of sp³-hybridized carbons (Fsp3) is 0.400. The van der Waals surface area contributed by atoms with Gasteiger partial charge < -0.3 is 5.32 Å². The Balaban J connectivity index is 1.38. The van der Waals surface area contributed by atoms with Crippen molar-refractivity contribution in [1.29, 1.82) is 0 Å². The van der Waals surface area contributed by atoms with E-state index in [2.05, 4.69) is 15.4 Å². The summed E-state index contributed by atoms with van der Waals surface area (Å²) in [5.74, 6) is -0.287. The van der Waals surface area contributed by atoms with Crippen LogP contribution in [0, 0.1) is 0 Å². The molecule has 2 aromatic heterocycles. The third-order valence-electron chi connectivity index (χ3n) is 5.39. The first-order valence-corrected chi connectivity index (χ1v) is 11.6. The van der Waals surface area contributed by atoms with E-state index in [0.717, 1.165) is 19.3 Å². The molecular formula is C20H24N6O4S. The molecule has 1 saturated heterocycles. The van der Waals surface area contributed by atoms with Crippen LogP contribution < -0.4 is 10.9 Å². The van der Waals surface area contributed by atoms with E-state index in [1.54, 1.807) is 19.2 Å². The number of carbonyl (C=O) groups is 1. The number of hydrogen-bond acceptors (Lipinski definition) is 6. The molecule has 0 atom stereocenters. The van der Waals surface area contributed by atoms with Crippen LogP contribution in [0.5, 0.6) is 0 Å². The minimum Gasteiger partial charge on any atom is -0.326 e. The van der Waals surface area contributed by atoms with Crippen LogP contribution in [0.25, 0.3) is 11.0 Å². The van der Waals surface area contributed by atoms with Gasteiger partial charge >= 0.3 is 0 Å². The molecule has 0 radical (unpaired) electrons. The van der Waals surface area contributed by atoms with Crippen LogP contribution in [-0.2, 0) is 28.4 Å². The van der Waals surface area contributed by atoms with Gasteiger partial charge in [-0.05, 0) is 37.1 Å². The highest BCUT2D eigenvalue weighted by Crippen LogP contribution is 2.22. The number of anilines is 1. The lowest BCUT2D eigenvalue weighted by Crippen LogP contribution is -2.35. The van der Waals surface area contributed by atoms with E-state index >= 15 is 0 Å². The number of nitrogens with zero attached hydrogens (tertiary/aromatic N) is 5. The number of rotatable bonds is 6. The largest absolute Gasteiger partial charge is 0.326 e. The number of nitrogens with one attached hydrogen (secondary N) is 1. The van der Waals surface area contributed by atoms with Crippen LogP contribution in [0.1, 0.15) is 25.7 Å². The third-order valence-corrected chi connectivity index (χ3v) is 7.30. The zero-order valence-electron chi connectivity index (χ0n) is 17.2. The van der Waals surface area contributed by atoms with Crippen LogP contribution >= 0.6 is 0 Å². The molecule has 10 nitrogen and oxygen atoms in total. The molecule has 1 aliphatic heterocycles. The van der Waals surface area contributed by atoms with Gasteiger partial charge in [0.05, 0.1) is 17.4 Å². The fourth-order valence-electron chi connectivity index (χ4n) is 3.64. The molecule has 11 heteroatoms. The molecule has 1 aliphatic rings. The maximum Gasteiger partial charge on any atom is 0.264 e. The summed E-state index contributed by atoms with van der Waals surface area (Å²) in [6.45, 7) is 1.25. The van der Waals surface area contributed by atoms with Gasteiger partial charge in [-0.1, -0.05) is 6.42 Å². The Morgan fingerprint density at radius 3 is 2.55 bits per heavy atom. The van der Waals surface area contributed by atoms with E-state index in [0.29, 0.717) is 29.8 Å². The van der Waals surface area contributed by atoms with Crippen molar-refractivity contribution < 1.29 is 13.2 Å². The van der Waals surface area contributed by atoms with Crippen LogP contribution in [-0.4, -0.2) is 51.1 Å². The van der Waals surface area contributed by atoms with Crippen molar-refractivity contribution in [2.45, 2.75) is 37.1 Å². The quantitative estimate of drug-likeness (QED) is 0.613. The van der Waals surface area contributed by atoms with Crippen molar-refractivity contribution in [2.75, 3.05) is 18.4 Å². The summed E-state index contributed by atoms with van der Waals surface area (Å²) in [5.41, 5.74) is 0.735. The molecule has 1 N–H and O–H groups in total. The minimum absolute atomic E-state index is 0.0706. The highest BCUT2D eigenvalue weighted by atomic mass is 32.2. The van der Waals surface area contributed by atoms with Crippen molar-refractivity contribution >= 4 is 32.7 Å². The molecule has 0 saturated carbocycles. The summed E-state index contributed by atoms with van der Waals surface area (Å²) in [6, 6.07) is 6.16. The Kier molecular flexibility index (Phi) is 5.88. The molecule has 0 spiro atoms. The van der Waals surface area contributed by atoms with Gasteiger partial charge in [-0.2, -0.15) is 9.40 Å². The van der Waals surface area contributed by atoms with Crippen molar-refractivity contribution in [3.63, 3.8) is 0 Å². The van der Waals surface area contributed by atoms with E-state index in [-0.39, 0.29) is 29.3 Å². The van der Waals surface area contributed by atoms with Gasteiger partial charge in [-0.25, -0.2) is 13.4 Å². The number of hydrogen-bond donors (Lipinski definition) is 1. The molecule has 0 unspecified atom stereocenters. The molecular weight excluding hydrogens is 420 g/mol. The van der Waals surface area contributed by atoms with Gasteiger partial charge in [0.1, 0.15) is 5.39 Å². The highest BCUT2D eigenvalue weighted by molar-refractivity contribution is 7.89. The second kappa shape index (κ2) is 8.60. The number of sulfonamides is 1. The standard InChI is InChI=1S/C20H24N6O4S/c1-24-19-17(13-22-24)20(28)25(14-21-19)12-9-18(27)23-15-5-7-16(8-6-15)31(29,30)26-10-3-2-4-11-26/h5-8,13-14H,2-4,9-12H2,1H3,(H,23,27). The first kappa shape index (κ1) is 21.2. The maximum atomic E-state index is 12.7. The Morgan fingerprint density at radius 2 is 1.84 bits per heavy atom. The van der Waals surface area contributed by atoms with E-state index in [4.69, 9.17) is 0 Å². The molecule has 3 heterocycles. The summed E-state index contributed by atoms with van der Waals surface area (Å²) in [6.07, 6.45) is 5.73. The van der Waals surface area contributed by atoms with Crippen molar-refractivity contribution in [3.8, 4) is 0 Å². The van der Waals surface area contributed by atoms with Crippen LogP contribution in [0.2, 0.25) is 0 Å². The number of piperidine rings is 1. The molecule has 1 amide bonds. The summed E-state index contributed by atoms with van der Waals surface area (Å²) in [5, 5.41) is 7.15. The zero-order chi connectivity index (χ0) is 22.0.